The Bertz CT molecular complexity index is 383. The van der Waals surface area contributed by atoms with E-state index in [-0.39, 0.29) is 17.5 Å². The molecular weight excluding hydrogens is 244 g/mol. The van der Waals surface area contributed by atoms with Gasteiger partial charge in [-0.15, -0.1) is 0 Å². The fourth-order valence-electron chi connectivity index (χ4n) is 2.69. The highest BCUT2D eigenvalue weighted by Crippen LogP contribution is 2.26. The molecule has 1 saturated heterocycles. The Hall–Kier alpha value is -0.870. The highest BCUT2D eigenvalue weighted by molar-refractivity contribution is 7.07. The van der Waals surface area contributed by atoms with E-state index in [1.165, 1.54) is 5.56 Å². The molecule has 0 spiro atoms. The van der Waals surface area contributed by atoms with Crippen LogP contribution >= 0.6 is 11.3 Å². The zero-order valence-corrected chi connectivity index (χ0v) is 12.0. The lowest BCUT2D eigenvalue weighted by molar-refractivity contribution is -0.128. The smallest absolute Gasteiger partial charge is 0.240 e. The Morgan fingerprint density at radius 1 is 1.67 bits per heavy atom. The quantitative estimate of drug-likeness (QED) is 0.860. The summed E-state index contributed by atoms with van der Waals surface area (Å²) in [5, 5.41) is 10.7. The lowest BCUT2D eigenvalue weighted by Gasteiger charge is -2.29. The maximum atomic E-state index is 12.5. The van der Waals surface area contributed by atoms with Gasteiger partial charge in [-0.3, -0.25) is 4.79 Å². The molecule has 100 valence electrons. The van der Waals surface area contributed by atoms with Crippen molar-refractivity contribution in [3.8, 4) is 0 Å². The summed E-state index contributed by atoms with van der Waals surface area (Å²) in [6.45, 7) is 5.14. The second kappa shape index (κ2) is 5.85. The van der Waals surface area contributed by atoms with E-state index in [2.05, 4.69) is 35.9 Å². The van der Waals surface area contributed by atoms with Crippen LogP contribution < -0.4 is 10.6 Å². The molecule has 2 unspecified atom stereocenters. The standard InChI is InChI=1S/C14H22N2OS/c1-3-6-14(7-4-8-15-14)13(17)16-11(2)12-5-9-18-10-12/h5,9-11,15H,3-4,6-8H2,1-2H3,(H,16,17). The van der Waals surface area contributed by atoms with Crippen molar-refractivity contribution in [1.29, 1.82) is 0 Å². The van der Waals surface area contributed by atoms with Crippen LogP contribution in [0.15, 0.2) is 16.8 Å². The topological polar surface area (TPSA) is 41.1 Å². The Kier molecular flexibility index (Phi) is 4.40. The predicted molar refractivity (Wildman–Crippen MR) is 75.8 cm³/mol. The van der Waals surface area contributed by atoms with E-state index in [0.717, 1.165) is 32.2 Å². The fourth-order valence-corrected chi connectivity index (χ4v) is 3.45. The Balaban J connectivity index is 2.01. The SMILES string of the molecule is CCCC1(C(=O)NC(C)c2ccsc2)CCCN1. The molecule has 0 aliphatic carbocycles. The molecule has 2 rings (SSSR count). The molecule has 1 aromatic heterocycles. The van der Waals surface area contributed by atoms with Crippen molar-refractivity contribution in [2.75, 3.05) is 6.54 Å². The number of thiophene rings is 1. The van der Waals surface area contributed by atoms with Crippen LogP contribution in [0.5, 0.6) is 0 Å². The molecule has 0 radical (unpaired) electrons. The van der Waals surface area contributed by atoms with Gasteiger partial charge < -0.3 is 10.6 Å². The fraction of sp³-hybridized carbons (Fsp3) is 0.643. The first-order valence-corrected chi connectivity index (χ1v) is 7.70. The van der Waals surface area contributed by atoms with E-state index in [1.807, 2.05) is 5.38 Å². The molecule has 1 fully saturated rings. The normalized spacial score (nSPS) is 25.0. The van der Waals surface area contributed by atoms with Gasteiger partial charge in [0.25, 0.3) is 0 Å². The number of carbonyl (C=O) groups excluding carboxylic acids is 1. The van der Waals surface area contributed by atoms with Gasteiger partial charge in [0.1, 0.15) is 0 Å². The van der Waals surface area contributed by atoms with Crippen molar-refractivity contribution >= 4 is 17.2 Å². The molecule has 1 aromatic rings. The van der Waals surface area contributed by atoms with Gasteiger partial charge >= 0.3 is 0 Å². The van der Waals surface area contributed by atoms with Gasteiger partial charge in [-0.05, 0) is 55.1 Å². The third-order valence-corrected chi connectivity index (χ3v) is 4.45. The average Bonchev–Trinajstić information content (AvgIpc) is 3.00. The summed E-state index contributed by atoms with van der Waals surface area (Å²) in [6.07, 6.45) is 4.02. The molecule has 1 aliphatic heterocycles. The van der Waals surface area contributed by atoms with E-state index in [1.54, 1.807) is 11.3 Å². The van der Waals surface area contributed by atoms with Crippen LogP contribution in [-0.2, 0) is 4.79 Å². The van der Waals surface area contributed by atoms with Crippen LogP contribution in [-0.4, -0.2) is 18.0 Å². The molecule has 2 N–H and O–H groups in total. The van der Waals surface area contributed by atoms with Gasteiger partial charge in [-0.25, -0.2) is 0 Å². The second-order valence-electron chi connectivity index (χ2n) is 5.11. The summed E-state index contributed by atoms with van der Waals surface area (Å²) in [5.41, 5.74) is 0.872. The van der Waals surface area contributed by atoms with Gasteiger partial charge in [0.2, 0.25) is 5.91 Å². The minimum Gasteiger partial charge on any atom is -0.348 e. The zero-order valence-electron chi connectivity index (χ0n) is 11.2. The Labute approximate surface area is 113 Å². The maximum absolute atomic E-state index is 12.5. The number of hydrogen-bond acceptors (Lipinski definition) is 3. The van der Waals surface area contributed by atoms with E-state index < -0.39 is 0 Å². The summed E-state index contributed by atoms with van der Waals surface area (Å²) in [4.78, 5) is 12.5. The molecule has 3 nitrogen and oxygen atoms in total. The Morgan fingerprint density at radius 3 is 3.06 bits per heavy atom. The highest BCUT2D eigenvalue weighted by Gasteiger charge is 2.40. The van der Waals surface area contributed by atoms with Crippen molar-refractivity contribution in [2.24, 2.45) is 0 Å². The molecule has 0 saturated carbocycles. The third kappa shape index (κ3) is 2.75. The average molecular weight is 266 g/mol. The summed E-state index contributed by atoms with van der Waals surface area (Å²) in [5.74, 6) is 0.167. The van der Waals surface area contributed by atoms with Crippen molar-refractivity contribution in [3.63, 3.8) is 0 Å². The van der Waals surface area contributed by atoms with Gasteiger partial charge in [-0.2, -0.15) is 11.3 Å². The number of carbonyl (C=O) groups is 1. The van der Waals surface area contributed by atoms with Crippen molar-refractivity contribution in [2.45, 2.75) is 51.1 Å². The van der Waals surface area contributed by atoms with Crippen LogP contribution in [0.1, 0.15) is 51.1 Å². The van der Waals surface area contributed by atoms with Gasteiger partial charge in [0, 0.05) is 0 Å². The molecule has 18 heavy (non-hydrogen) atoms. The lowest BCUT2D eigenvalue weighted by atomic mass is 9.90. The van der Waals surface area contributed by atoms with Crippen LogP contribution in [0, 0.1) is 0 Å². The summed E-state index contributed by atoms with van der Waals surface area (Å²) in [6, 6.07) is 2.17. The van der Waals surface area contributed by atoms with E-state index in [9.17, 15) is 4.79 Å². The van der Waals surface area contributed by atoms with Crippen LogP contribution in [0.4, 0.5) is 0 Å². The predicted octanol–water partition coefficient (Wildman–Crippen LogP) is 2.85. The number of rotatable bonds is 5. The lowest BCUT2D eigenvalue weighted by Crippen LogP contribution is -2.53. The summed E-state index contributed by atoms with van der Waals surface area (Å²) in [7, 11) is 0. The number of nitrogens with one attached hydrogen (secondary N) is 2. The van der Waals surface area contributed by atoms with Crippen LogP contribution in [0.25, 0.3) is 0 Å². The molecule has 2 heterocycles. The van der Waals surface area contributed by atoms with Crippen molar-refractivity contribution in [1.82, 2.24) is 10.6 Å². The summed E-state index contributed by atoms with van der Waals surface area (Å²) < 4.78 is 0. The largest absolute Gasteiger partial charge is 0.348 e. The first-order chi connectivity index (χ1) is 8.68. The zero-order chi connectivity index (χ0) is 13.0. The Morgan fingerprint density at radius 2 is 2.50 bits per heavy atom. The molecule has 1 aliphatic rings. The molecule has 4 heteroatoms. The monoisotopic (exact) mass is 266 g/mol. The van der Waals surface area contributed by atoms with Crippen molar-refractivity contribution < 1.29 is 4.79 Å². The second-order valence-corrected chi connectivity index (χ2v) is 5.89. The highest BCUT2D eigenvalue weighted by atomic mass is 32.1. The first kappa shape index (κ1) is 13.6. The van der Waals surface area contributed by atoms with Gasteiger partial charge in [0.15, 0.2) is 0 Å². The van der Waals surface area contributed by atoms with Gasteiger partial charge in [-0.1, -0.05) is 13.3 Å². The number of amides is 1. The van der Waals surface area contributed by atoms with Crippen molar-refractivity contribution in [3.05, 3.63) is 22.4 Å². The molecule has 1 amide bonds. The van der Waals surface area contributed by atoms with Gasteiger partial charge in [0.05, 0.1) is 11.6 Å². The molecule has 2 atom stereocenters. The molecular formula is C14H22N2OS. The first-order valence-electron chi connectivity index (χ1n) is 6.76. The maximum Gasteiger partial charge on any atom is 0.240 e. The minimum absolute atomic E-state index is 0.0971. The third-order valence-electron chi connectivity index (χ3n) is 3.75. The van der Waals surface area contributed by atoms with E-state index >= 15 is 0 Å². The van der Waals surface area contributed by atoms with E-state index in [0.29, 0.717) is 0 Å². The van der Waals surface area contributed by atoms with Crippen LogP contribution in [0.3, 0.4) is 0 Å². The molecule has 0 bridgehead atoms. The minimum atomic E-state index is -0.320. The summed E-state index contributed by atoms with van der Waals surface area (Å²) >= 11 is 1.67. The molecule has 0 aromatic carbocycles. The van der Waals surface area contributed by atoms with E-state index in [4.69, 9.17) is 0 Å². The number of hydrogen-bond donors (Lipinski definition) is 2. The van der Waals surface area contributed by atoms with Crippen LogP contribution in [0.2, 0.25) is 0 Å².